The summed E-state index contributed by atoms with van der Waals surface area (Å²) in [6.07, 6.45) is 5.42. The fourth-order valence-electron chi connectivity index (χ4n) is 3.74. The first-order valence-corrected chi connectivity index (χ1v) is 9.94. The SMILES string of the molecule is COc1ccc(OC)c(NC(=O)[C@H](C)n2cnc3nc4c(cc3c2=O)CCCC4)c1. The molecule has 0 radical (unpaired) electrons. The predicted molar refractivity (Wildman–Crippen MR) is 113 cm³/mol. The number of anilines is 1. The number of fused-ring (bicyclic) bond motifs is 2. The Morgan fingerprint density at radius 2 is 1.97 bits per heavy atom. The number of rotatable bonds is 5. The van der Waals surface area contributed by atoms with Crippen LogP contribution in [0.5, 0.6) is 11.5 Å². The van der Waals surface area contributed by atoms with E-state index in [1.807, 2.05) is 6.07 Å². The summed E-state index contributed by atoms with van der Waals surface area (Å²) in [4.78, 5) is 34.9. The molecule has 2 heterocycles. The number of pyridine rings is 1. The quantitative estimate of drug-likeness (QED) is 0.698. The van der Waals surface area contributed by atoms with Crippen molar-refractivity contribution in [3.05, 3.63) is 52.2 Å². The highest BCUT2D eigenvalue weighted by molar-refractivity contribution is 5.95. The van der Waals surface area contributed by atoms with Crippen molar-refractivity contribution in [1.29, 1.82) is 0 Å². The smallest absolute Gasteiger partial charge is 0.263 e. The van der Waals surface area contributed by atoms with E-state index in [1.54, 1.807) is 32.2 Å². The zero-order chi connectivity index (χ0) is 21.3. The van der Waals surface area contributed by atoms with Gasteiger partial charge in [-0.3, -0.25) is 14.2 Å². The van der Waals surface area contributed by atoms with E-state index < -0.39 is 6.04 Å². The van der Waals surface area contributed by atoms with Crippen LogP contribution < -0.4 is 20.3 Å². The number of carbonyl (C=O) groups is 1. The van der Waals surface area contributed by atoms with Crippen LogP contribution in [0.2, 0.25) is 0 Å². The van der Waals surface area contributed by atoms with Crippen molar-refractivity contribution in [2.24, 2.45) is 0 Å². The largest absolute Gasteiger partial charge is 0.497 e. The Morgan fingerprint density at radius 1 is 1.17 bits per heavy atom. The molecule has 156 valence electrons. The summed E-state index contributed by atoms with van der Waals surface area (Å²) in [7, 11) is 3.06. The van der Waals surface area contributed by atoms with Crippen molar-refractivity contribution >= 4 is 22.6 Å². The Labute approximate surface area is 173 Å². The number of amides is 1. The number of nitrogens with zero attached hydrogens (tertiary/aromatic N) is 3. The Morgan fingerprint density at radius 3 is 2.73 bits per heavy atom. The molecular formula is C22H24N4O4. The van der Waals surface area contributed by atoms with Crippen LogP contribution in [0.3, 0.4) is 0 Å². The van der Waals surface area contributed by atoms with Gasteiger partial charge in [-0.15, -0.1) is 0 Å². The summed E-state index contributed by atoms with van der Waals surface area (Å²) in [6, 6.07) is 6.22. The van der Waals surface area contributed by atoms with Crippen LogP contribution in [0.4, 0.5) is 5.69 Å². The molecule has 1 atom stereocenters. The van der Waals surface area contributed by atoms with Gasteiger partial charge in [0.15, 0.2) is 5.65 Å². The second-order valence-corrected chi connectivity index (χ2v) is 7.36. The molecule has 0 fully saturated rings. The van der Waals surface area contributed by atoms with Gasteiger partial charge in [0.2, 0.25) is 5.91 Å². The minimum atomic E-state index is -0.777. The molecular weight excluding hydrogens is 384 g/mol. The van der Waals surface area contributed by atoms with E-state index >= 15 is 0 Å². The van der Waals surface area contributed by atoms with E-state index in [1.165, 1.54) is 18.0 Å². The lowest BCUT2D eigenvalue weighted by atomic mass is 9.95. The maximum absolute atomic E-state index is 13.1. The van der Waals surface area contributed by atoms with Gasteiger partial charge in [0.1, 0.15) is 23.9 Å². The van der Waals surface area contributed by atoms with E-state index in [2.05, 4.69) is 15.3 Å². The number of aryl methyl sites for hydroxylation is 2. The standard InChI is InChI=1S/C22H24N4O4/c1-13(21(27)25-18-11-15(29-2)8-9-19(18)30-3)26-12-23-20-16(22(26)28)10-14-6-4-5-7-17(14)24-20/h8-13H,4-7H2,1-3H3,(H,25,27)/t13-/m0/s1. The van der Waals surface area contributed by atoms with Crippen LogP contribution in [0.25, 0.3) is 11.0 Å². The maximum atomic E-state index is 13.1. The first kappa shape index (κ1) is 19.9. The number of methoxy groups -OCH3 is 2. The van der Waals surface area contributed by atoms with Crippen molar-refractivity contribution in [3.63, 3.8) is 0 Å². The number of nitrogens with one attached hydrogen (secondary N) is 1. The Balaban J connectivity index is 1.66. The minimum absolute atomic E-state index is 0.277. The lowest BCUT2D eigenvalue weighted by Crippen LogP contribution is -2.32. The summed E-state index contributed by atoms with van der Waals surface area (Å²) in [5.41, 5.74) is 2.74. The monoisotopic (exact) mass is 408 g/mol. The average molecular weight is 408 g/mol. The van der Waals surface area contributed by atoms with Gasteiger partial charge in [-0.2, -0.15) is 0 Å². The fourth-order valence-corrected chi connectivity index (χ4v) is 3.74. The lowest BCUT2D eigenvalue weighted by Gasteiger charge is -2.18. The summed E-state index contributed by atoms with van der Waals surface area (Å²) in [5.74, 6) is 0.714. The van der Waals surface area contributed by atoms with Crippen molar-refractivity contribution in [2.45, 2.75) is 38.6 Å². The van der Waals surface area contributed by atoms with Crippen LogP contribution in [0.1, 0.15) is 37.1 Å². The summed E-state index contributed by atoms with van der Waals surface area (Å²) < 4.78 is 11.9. The van der Waals surface area contributed by atoms with Gasteiger partial charge in [0.25, 0.3) is 5.56 Å². The normalized spacial score (nSPS) is 14.1. The highest BCUT2D eigenvalue weighted by Crippen LogP contribution is 2.29. The van der Waals surface area contributed by atoms with Gasteiger partial charge in [0, 0.05) is 11.8 Å². The van der Waals surface area contributed by atoms with Crippen LogP contribution in [0, 0.1) is 0 Å². The lowest BCUT2D eigenvalue weighted by molar-refractivity contribution is -0.118. The van der Waals surface area contributed by atoms with Crippen molar-refractivity contribution in [1.82, 2.24) is 14.5 Å². The van der Waals surface area contributed by atoms with Crippen molar-refractivity contribution < 1.29 is 14.3 Å². The topological polar surface area (TPSA) is 95.3 Å². The third-order valence-electron chi connectivity index (χ3n) is 5.51. The minimum Gasteiger partial charge on any atom is -0.497 e. The Bertz CT molecular complexity index is 1170. The third-order valence-corrected chi connectivity index (χ3v) is 5.51. The van der Waals surface area contributed by atoms with E-state index in [-0.39, 0.29) is 11.5 Å². The molecule has 0 bridgehead atoms. The molecule has 0 saturated carbocycles. The summed E-state index contributed by atoms with van der Waals surface area (Å²) >= 11 is 0. The summed E-state index contributed by atoms with van der Waals surface area (Å²) in [5, 5.41) is 3.25. The van der Waals surface area contributed by atoms with Crippen molar-refractivity contribution in [2.75, 3.05) is 19.5 Å². The third kappa shape index (κ3) is 3.60. The van der Waals surface area contributed by atoms with E-state index in [9.17, 15) is 9.59 Å². The van der Waals surface area contributed by atoms with Gasteiger partial charge in [-0.25, -0.2) is 9.97 Å². The molecule has 0 spiro atoms. The van der Waals surface area contributed by atoms with Gasteiger partial charge in [-0.05, 0) is 56.4 Å². The molecule has 2 aromatic heterocycles. The molecule has 1 aromatic carbocycles. The Hall–Kier alpha value is -3.42. The zero-order valence-corrected chi connectivity index (χ0v) is 17.3. The maximum Gasteiger partial charge on any atom is 0.263 e. The van der Waals surface area contributed by atoms with Crippen LogP contribution in [0.15, 0.2) is 35.4 Å². The number of hydrogen-bond donors (Lipinski definition) is 1. The van der Waals surface area contributed by atoms with E-state index in [4.69, 9.17) is 9.47 Å². The molecule has 0 unspecified atom stereocenters. The highest BCUT2D eigenvalue weighted by Gasteiger charge is 2.21. The molecule has 0 aliphatic heterocycles. The first-order valence-electron chi connectivity index (χ1n) is 9.94. The van der Waals surface area contributed by atoms with Crippen molar-refractivity contribution in [3.8, 4) is 11.5 Å². The molecule has 0 saturated heterocycles. The second kappa shape index (κ2) is 8.14. The number of aromatic nitrogens is 3. The molecule has 4 rings (SSSR count). The average Bonchev–Trinajstić information content (AvgIpc) is 2.77. The predicted octanol–water partition coefficient (Wildman–Crippen LogP) is 2.89. The van der Waals surface area contributed by atoms with Gasteiger partial charge >= 0.3 is 0 Å². The molecule has 1 aliphatic carbocycles. The molecule has 30 heavy (non-hydrogen) atoms. The molecule has 1 amide bonds. The molecule has 3 aromatic rings. The Kier molecular flexibility index (Phi) is 5.39. The van der Waals surface area contributed by atoms with Crippen LogP contribution >= 0.6 is 0 Å². The number of hydrogen-bond acceptors (Lipinski definition) is 6. The molecule has 8 nitrogen and oxygen atoms in total. The van der Waals surface area contributed by atoms with Gasteiger partial charge in [-0.1, -0.05) is 0 Å². The second-order valence-electron chi connectivity index (χ2n) is 7.36. The van der Waals surface area contributed by atoms with Crippen LogP contribution in [-0.4, -0.2) is 34.7 Å². The highest BCUT2D eigenvalue weighted by atomic mass is 16.5. The summed E-state index contributed by atoms with van der Waals surface area (Å²) in [6.45, 7) is 1.66. The van der Waals surface area contributed by atoms with Crippen LogP contribution in [-0.2, 0) is 17.6 Å². The molecule has 8 heteroatoms. The first-order chi connectivity index (χ1) is 14.5. The van der Waals surface area contributed by atoms with E-state index in [0.717, 1.165) is 36.9 Å². The number of ether oxygens (including phenoxy) is 2. The van der Waals surface area contributed by atoms with Gasteiger partial charge in [0.05, 0.1) is 25.3 Å². The number of carbonyl (C=O) groups excluding carboxylic acids is 1. The zero-order valence-electron chi connectivity index (χ0n) is 17.3. The van der Waals surface area contributed by atoms with E-state index in [0.29, 0.717) is 28.2 Å². The molecule has 1 aliphatic rings. The number of benzene rings is 1. The van der Waals surface area contributed by atoms with Gasteiger partial charge < -0.3 is 14.8 Å². The fraction of sp³-hybridized carbons (Fsp3) is 0.364. The molecule has 1 N–H and O–H groups in total.